The molecule has 4 heteroatoms. The number of aliphatic hydroxyl groups excluding tert-OH is 1. The van der Waals surface area contributed by atoms with Gasteiger partial charge in [0.05, 0.1) is 0 Å². The van der Waals surface area contributed by atoms with Gasteiger partial charge in [0.15, 0.2) is 0 Å². The smallest absolute Gasteiger partial charge is 0.317 e. The maximum atomic E-state index is 12.3. The third-order valence-corrected chi connectivity index (χ3v) is 4.88. The molecule has 0 bridgehead atoms. The fourth-order valence-corrected chi connectivity index (χ4v) is 3.41. The molecule has 0 saturated carbocycles. The second kappa shape index (κ2) is 7.48. The molecule has 0 aromatic carbocycles. The number of hydrogen-bond acceptors (Lipinski definition) is 2. The molecule has 0 spiro atoms. The van der Waals surface area contributed by atoms with Gasteiger partial charge in [0.1, 0.15) is 0 Å². The predicted molar refractivity (Wildman–Crippen MR) is 87.3 cm³/mol. The Morgan fingerprint density at radius 1 is 1.33 bits per heavy atom. The molecule has 4 nitrogen and oxygen atoms in total. The molecule has 21 heavy (non-hydrogen) atoms. The molecule has 1 aliphatic heterocycles. The number of aliphatic hydroxyl groups is 1. The van der Waals surface area contributed by atoms with E-state index in [-0.39, 0.29) is 23.5 Å². The summed E-state index contributed by atoms with van der Waals surface area (Å²) in [5.41, 5.74) is 0.172. The van der Waals surface area contributed by atoms with E-state index >= 15 is 0 Å². The number of nitrogens with zero attached hydrogens (tertiary/aromatic N) is 1. The molecule has 2 N–H and O–H groups in total. The second-order valence-electron chi connectivity index (χ2n) is 7.92. The van der Waals surface area contributed by atoms with Gasteiger partial charge in [-0.1, -0.05) is 34.6 Å². The number of nitrogens with one attached hydrogen (secondary N) is 1. The van der Waals surface area contributed by atoms with Crippen LogP contribution >= 0.6 is 0 Å². The monoisotopic (exact) mass is 298 g/mol. The number of hydrogen-bond donors (Lipinski definition) is 2. The van der Waals surface area contributed by atoms with Crippen LogP contribution in [0.15, 0.2) is 0 Å². The summed E-state index contributed by atoms with van der Waals surface area (Å²) < 4.78 is 0. The minimum Gasteiger partial charge on any atom is -0.396 e. The topological polar surface area (TPSA) is 52.6 Å². The van der Waals surface area contributed by atoms with Gasteiger partial charge in [-0.25, -0.2) is 4.79 Å². The van der Waals surface area contributed by atoms with E-state index in [9.17, 15) is 9.90 Å². The Balaban J connectivity index is 2.41. The van der Waals surface area contributed by atoms with Crippen molar-refractivity contribution in [2.45, 2.75) is 60.3 Å². The normalized spacial score (nSPS) is 18.9. The first-order valence-corrected chi connectivity index (χ1v) is 8.37. The summed E-state index contributed by atoms with van der Waals surface area (Å²) in [6, 6.07) is 0.0504. The van der Waals surface area contributed by atoms with Crippen LogP contribution in [0.5, 0.6) is 0 Å². The SMILES string of the molecule is CCC1(CO)CCN(C(=O)NCC(C)(C)CC(C)C)CC1. The van der Waals surface area contributed by atoms with E-state index in [0.717, 1.165) is 45.3 Å². The van der Waals surface area contributed by atoms with Crippen molar-refractivity contribution in [1.29, 1.82) is 0 Å². The lowest BCUT2D eigenvalue weighted by atomic mass is 9.77. The van der Waals surface area contributed by atoms with Crippen LogP contribution in [0.4, 0.5) is 4.79 Å². The molecule has 0 aliphatic carbocycles. The van der Waals surface area contributed by atoms with E-state index in [1.807, 2.05) is 4.90 Å². The third-order valence-electron chi connectivity index (χ3n) is 4.88. The first-order valence-electron chi connectivity index (χ1n) is 8.37. The van der Waals surface area contributed by atoms with E-state index in [0.29, 0.717) is 5.92 Å². The van der Waals surface area contributed by atoms with E-state index in [1.54, 1.807) is 0 Å². The zero-order valence-electron chi connectivity index (χ0n) is 14.5. The van der Waals surface area contributed by atoms with Crippen LogP contribution in [-0.2, 0) is 0 Å². The lowest BCUT2D eigenvalue weighted by Gasteiger charge is -2.40. The largest absolute Gasteiger partial charge is 0.396 e. The first-order chi connectivity index (χ1) is 9.73. The van der Waals surface area contributed by atoms with Crippen LogP contribution < -0.4 is 5.32 Å². The van der Waals surface area contributed by atoms with Crippen LogP contribution in [-0.4, -0.2) is 42.3 Å². The van der Waals surface area contributed by atoms with E-state index in [1.165, 1.54) is 0 Å². The van der Waals surface area contributed by atoms with Crippen molar-refractivity contribution < 1.29 is 9.90 Å². The molecule has 0 unspecified atom stereocenters. The van der Waals surface area contributed by atoms with Crippen molar-refractivity contribution in [3.63, 3.8) is 0 Å². The van der Waals surface area contributed by atoms with Crippen LogP contribution in [0, 0.1) is 16.7 Å². The fraction of sp³-hybridized carbons (Fsp3) is 0.941. The van der Waals surface area contributed by atoms with Crippen molar-refractivity contribution in [3.05, 3.63) is 0 Å². The molecule has 2 amide bonds. The minimum atomic E-state index is 0.0354. The Bertz CT molecular complexity index is 326. The molecule has 1 rings (SSSR count). The number of amides is 2. The molecule has 0 atom stereocenters. The Kier molecular flexibility index (Phi) is 6.51. The van der Waals surface area contributed by atoms with Gasteiger partial charge in [0.2, 0.25) is 0 Å². The van der Waals surface area contributed by atoms with Gasteiger partial charge in [-0.05, 0) is 42.4 Å². The zero-order valence-corrected chi connectivity index (χ0v) is 14.5. The number of carbonyl (C=O) groups is 1. The van der Waals surface area contributed by atoms with Crippen molar-refractivity contribution in [3.8, 4) is 0 Å². The lowest BCUT2D eigenvalue weighted by molar-refractivity contribution is 0.0514. The van der Waals surface area contributed by atoms with Gasteiger partial charge >= 0.3 is 6.03 Å². The molecule has 0 aromatic heterocycles. The summed E-state index contributed by atoms with van der Waals surface area (Å²) in [6.07, 6.45) is 3.91. The molecule has 0 radical (unpaired) electrons. The van der Waals surface area contributed by atoms with Crippen molar-refractivity contribution >= 4 is 6.03 Å². The highest BCUT2D eigenvalue weighted by Crippen LogP contribution is 2.34. The van der Waals surface area contributed by atoms with E-state index in [4.69, 9.17) is 0 Å². The van der Waals surface area contributed by atoms with Crippen molar-refractivity contribution in [1.82, 2.24) is 10.2 Å². The number of piperidine rings is 1. The first kappa shape index (κ1) is 18.3. The van der Waals surface area contributed by atoms with E-state index in [2.05, 4.69) is 39.9 Å². The molecule has 1 heterocycles. The van der Waals surface area contributed by atoms with Crippen molar-refractivity contribution in [2.75, 3.05) is 26.2 Å². The highest BCUT2D eigenvalue weighted by atomic mass is 16.3. The molecular weight excluding hydrogens is 264 g/mol. The molecule has 1 fully saturated rings. The molecular formula is C17H34N2O2. The predicted octanol–water partition coefficient (Wildman–Crippen LogP) is 3.25. The Hall–Kier alpha value is -0.770. The summed E-state index contributed by atoms with van der Waals surface area (Å²) in [5, 5.41) is 12.6. The van der Waals surface area contributed by atoms with Crippen LogP contribution in [0.25, 0.3) is 0 Å². The third kappa shape index (κ3) is 5.50. The zero-order chi connectivity index (χ0) is 16.1. The van der Waals surface area contributed by atoms with E-state index < -0.39 is 0 Å². The average molecular weight is 298 g/mol. The fourth-order valence-electron chi connectivity index (χ4n) is 3.41. The summed E-state index contributed by atoms with van der Waals surface area (Å²) in [6.45, 7) is 13.4. The van der Waals surface area contributed by atoms with Crippen LogP contribution in [0.1, 0.15) is 60.3 Å². The quantitative estimate of drug-likeness (QED) is 0.791. The van der Waals surface area contributed by atoms with Gasteiger partial charge < -0.3 is 15.3 Å². The molecule has 124 valence electrons. The number of likely N-dealkylation sites (tertiary alicyclic amines) is 1. The van der Waals surface area contributed by atoms with Crippen LogP contribution in [0.2, 0.25) is 0 Å². The van der Waals surface area contributed by atoms with Gasteiger partial charge in [0.25, 0.3) is 0 Å². The average Bonchev–Trinajstić information content (AvgIpc) is 2.43. The Labute approximate surface area is 130 Å². The maximum Gasteiger partial charge on any atom is 0.317 e. The highest BCUT2D eigenvalue weighted by Gasteiger charge is 2.34. The Morgan fingerprint density at radius 3 is 2.33 bits per heavy atom. The number of rotatable bonds is 6. The highest BCUT2D eigenvalue weighted by molar-refractivity contribution is 5.74. The number of carbonyl (C=O) groups excluding carboxylic acids is 1. The summed E-state index contributed by atoms with van der Waals surface area (Å²) in [5.74, 6) is 0.640. The summed E-state index contributed by atoms with van der Waals surface area (Å²) in [7, 11) is 0. The summed E-state index contributed by atoms with van der Waals surface area (Å²) in [4.78, 5) is 14.2. The van der Waals surface area contributed by atoms with Gasteiger partial charge in [-0.2, -0.15) is 0 Å². The van der Waals surface area contributed by atoms with Crippen molar-refractivity contribution in [2.24, 2.45) is 16.7 Å². The second-order valence-corrected chi connectivity index (χ2v) is 7.92. The Morgan fingerprint density at radius 2 is 1.90 bits per heavy atom. The molecule has 1 saturated heterocycles. The summed E-state index contributed by atoms with van der Waals surface area (Å²) >= 11 is 0. The molecule has 1 aliphatic rings. The molecule has 0 aromatic rings. The minimum absolute atomic E-state index is 0.0354. The van der Waals surface area contributed by atoms with Gasteiger partial charge in [-0.3, -0.25) is 0 Å². The van der Waals surface area contributed by atoms with Crippen LogP contribution in [0.3, 0.4) is 0 Å². The number of urea groups is 1. The lowest BCUT2D eigenvalue weighted by Crippen LogP contribution is -2.49. The maximum absolute atomic E-state index is 12.3. The standard InChI is InChI=1S/C17H34N2O2/c1-6-17(13-20)7-9-19(10-8-17)15(21)18-12-16(4,5)11-14(2)3/h14,20H,6-13H2,1-5H3,(H,18,21). The van der Waals surface area contributed by atoms with Gasteiger partial charge in [0, 0.05) is 26.2 Å². The van der Waals surface area contributed by atoms with Gasteiger partial charge in [-0.15, -0.1) is 0 Å².